The average molecular weight is 312 g/mol. The number of nitrogens with one attached hydrogen (secondary N) is 1. The number of halogens is 1. The Morgan fingerprint density at radius 3 is 2.86 bits per heavy atom. The predicted molar refractivity (Wildman–Crippen MR) is 80.7 cm³/mol. The van der Waals surface area contributed by atoms with Gasteiger partial charge in [0.2, 0.25) is 0 Å². The minimum Gasteiger partial charge on any atom is -0.349 e. The third-order valence-electron chi connectivity index (χ3n) is 3.96. The molecule has 1 amide bonds. The quantitative estimate of drug-likeness (QED) is 0.687. The molecule has 2 rings (SSSR count). The van der Waals surface area contributed by atoms with Crippen LogP contribution in [0.1, 0.15) is 30.1 Å². The monoisotopic (exact) mass is 311 g/mol. The van der Waals surface area contributed by atoms with Gasteiger partial charge in [0.1, 0.15) is 10.6 Å². The lowest BCUT2D eigenvalue weighted by Gasteiger charge is -2.35. The van der Waals surface area contributed by atoms with Crippen molar-refractivity contribution in [2.24, 2.45) is 0 Å². The van der Waals surface area contributed by atoms with Crippen molar-refractivity contribution in [3.8, 4) is 0 Å². The molecule has 21 heavy (non-hydrogen) atoms. The maximum absolute atomic E-state index is 12.3. The van der Waals surface area contributed by atoms with Crippen molar-refractivity contribution in [1.29, 1.82) is 0 Å². The minimum atomic E-state index is -0.617. The van der Waals surface area contributed by atoms with Crippen LogP contribution in [-0.2, 0) is 0 Å². The van der Waals surface area contributed by atoms with Crippen LogP contribution in [0.4, 0.5) is 5.69 Å². The van der Waals surface area contributed by atoms with Crippen LogP contribution in [0.15, 0.2) is 18.2 Å². The molecule has 1 heterocycles. The molecular weight excluding hydrogens is 294 g/mol. The first-order valence-corrected chi connectivity index (χ1v) is 7.22. The van der Waals surface area contributed by atoms with Gasteiger partial charge in [0.15, 0.2) is 0 Å². The highest BCUT2D eigenvalue weighted by molar-refractivity contribution is 6.33. The molecule has 2 atom stereocenters. The van der Waals surface area contributed by atoms with E-state index in [4.69, 9.17) is 11.6 Å². The Bertz CT molecular complexity index is 564. The summed E-state index contributed by atoms with van der Waals surface area (Å²) in [7, 11) is 2.05. The molecule has 0 radical (unpaired) electrons. The van der Waals surface area contributed by atoms with Gasteiger partial charge < -0.3 is 10.2 Å². The average Bonchev–Trinajstić information content (AvgIpc) is 2.42. The normalized spacial score (nSPS) is 22.8. The van der Waals surface area contributed by atoms with Gasteiger partial charge in [-0.1, -0.05) is 17.7 Å². The summed E-state index contributed by atoms with van der Waals surface area (Å²) in [6, 6.07) is 4.79. The Hall–Kier alpha value is -1.66. The summed E-state index contributed by atoms with van der Waals surface area (Å²) in [6.07, 6.45) is 1.66. The van der Waals surface area contributed by atoms with Crippen LogP contribution in [0.5, 0.6) is 0 Å². The number of nitrogens with zero attached hydrogens (tertiary/aromatic N) is 2. The Labute approximate surface area is 128 Å². The fourth-order valence-corrected chi connectivity index (χ4v) is 2.81. The van der Waals surface area contributed by atoms with E-state index in [1.165, 1.54) is 12.1 Å². The molecule has 6 nitrogen and oxygen atoms in total. The van der Waals surface area contributed by atoms with Crippen LogP contribution in [0.3, 0.4) is 0 Å². The molecule has 2 unspecified atom stereocenters. The molecular formula is C14H18ClN3O3. The number of nitro benzene ring substituents is 1. The van der Waals surface area contributed by atoms with Gasteiger partial charge in [-0.05, 0) is 38.9 Å². The third kappa shape index (κ3) is 3.51. The predicted octanol–water partition coefficient (Wildman–Crippen LogP) is 2.46. The number of likely N-dealkylation sites (tertiary alicyclic amines) is 1. The lowest BCUT2D eigenvalue weighted by molar-refractivity contribution is -0.385. The zero-order valence-electron chi connectivity index (χ0n) is 12.0. The van der Waals surface area contributed by atoms with E-state index >= 15 is 0 Å². The van der Waals surface area contributed by atoms with Gasteiger partial charge in [-0.2, -0.15) is 0 Å². The fraction of sp³-hybridized carbons (Fsp3) is 0.500. The van der Waals surface area contributed by atoms with Gasteiger partial charge in [-0.15, -0.1) is 0 Å². The van der Waals surface area contributed by atoms with Gasteiger partial charge in [0, 0.05) is 18.6 Å². The second-order valence-electron chi connectivity index (χ2n) is 5.42. The van der Waals surface area contributed by atoms with Crippen LogP contribution < -0.4 is 5.32 Å². The second-order valence-corrected chi connectivity index (χ2v) is 5.82. The molecule has 1 saturated heterocycles. The highest BCUT2D eigenvalue weighted by Gasteiger charge is 2.28. The largest absolute Gasteiger partial charge is 0.349 e. The van der Waals surface area contributed by atoms with Gasteiger partial charge in [0.25, 0.3) is 5.91 Å². The van der Waals surface area contributed by atoms with Crippen molar-refractivity contribution in [2.45, 2.75) is 31.8 Å². The van der Waals surface area contributed by atoms with Crippen LogP contribution in [0.25, 0.3) is 0 Å². The van der Waals surface area contributed by atoms with Crippen molar-refractivity contribution >= 4 is 23.2 Å². The molecule has 114 valence electrons. The molecule has 1 fully saturated rings. The first-order chi connectivity index (χ1) is 9.90. The van der Waals surface area contributed by atoms with Crippen LogP contribution in [-0.4, -0.2) is 41.4 Å². The number of nitro groups is 1. The Balaban J connectivity index is 2.14. The molecule has 7 heteroatoms. The van der Waals surface area contributed by atoms with Crippen molar-refractivity contribution < 1.29 is 9.72 Å². The summed E-state index contributed by atoms with van der Waals surface area (Å²) in [6.45, 7) is 2.99. The van der Waals surface area contributed by atoms with E-state index in [9.17, 15) is 14.9 Å². The number of para-hydroxylation sites is 1. The number of carbonyl (C=O) groups is 1. The smallest absolute Gasteiger partial charge is 0.300 e. The number of amides is 1. The Kier molecular flexibility index (Phi) is 4.80. The first-order valence-electron chi connectivity index (χ1n) is 6.84. The number of piperidine rings is 1. The van der Waals surface area contributed by atoms with E-state index in [2.05, 4.69) is 17.1 Å². The van der Waals surface area contributed by atoms with Crippen LogP contribution in [0.2, 0.25) is 5.02 Å². The molecule has 1 aliphatic heterocycles. The van der Waals surface area contributed by atoms with E-state index in [-0.39, 0.29) is 22.3 Å². The van der Waals surface area contributed by atoms with Gasteiger partial charge in [0.05, 0.1) is 4.92 Å². The molecule has 1 N–H and O–H groups in total. The number of hydrogen-bond acceptors (Lipinski definition) is 4. The molecule has 0 spiro atoms. The topological polar surface area (TPSA) is 75.5 Å². The van der Waals surface area contributed by atoms with E-state index in [1.807, 2.05) is 7.05 Å². The van der Waals surface area contributed by atoms with Gasteiger partial charge in [-0.3, -0.25) is 14.9 Å². The van der Waals surface area contributed by atoms with E-state index in [0.29, 0.717) is 6.04 Å². The second kappa shape index (κ2) is 6.41. The van der Waals surface area contributed by atoms with Gasteiger partial charge >= 0.3 is 5.69 Å². The molecule has 1 aromatic rings. The van der Waals surface area contributed by atoms with Crippen LogP contribution in [0, 0.1) is 10.1 Å². The maximum atomic E-state index is 12.3. The lowest BCUT2D eigenvalue weighted by atomic mass is 9.98. The zero-order valence-corrected chi connectivity index (χ0v) is 12.8. The van der Waals surface area contributed by atoms with E-state index in [1.54, 1.807) is 6.07 Å². The molecule has 0 saturated carbocycles. The number of rotatable bonds is 3. The van der Waals surface area contributed by atoms with Crippen LogP contribution >= 0.6 is 11.6 Å². The summed E-state index contributed by atoms with van der Waals surface area (Å²) in [4.78, 5) is 25.0. The number of hydrogen-bond donors (Lipinski definition) is 1. The number of carbonyl (C=O) groups excluding carboxylic acids is 1. The summed E-state index contributed by atoms with van der Waals surface area (Å²) < 4.78 is 0. The molecule has 0 aromatic heterocycles. The summed E-state index contributed by atoms with van der Waals surface area (Å²) in [5, 5.41) is 13.9. The van der Waals surface area contributed by atoms with Crippen molar-refractivity contribution in [1.82, 2.24) is 10.2 Å². The maximum Gasteiger partial charge on any atom is 0.300 e. The highest BCUT2D eigenvalue weighted by atomic mass is 35.5. The first kappa shape index (κ1) is 15.7. The summed E-state index contributed by atoms with van der Waals surface area (Å²) in [5.74, 6) is -0.439. The Morgan fingerprint density at radius 1 is 1.52 bits per heavy atom. The summed E-state index contributed by atoms with van der Waals surface area (Å²) >= 11 is 5.83. The summed E-state index contributed by atoms with van der Waals surface area (Å²) in [5.41, 5.74) is -0.322. The third-order valence-corrected chi connectivity index (χ3v) is 4.26. The SMILES string of the molecule is CC1CC(NC(=O)c2cccc(Cl)c2[N+](=O)[O-])CCN1C. The van der Waals surface area contributed by atoms with Crippen molar-refractivity contribution in [3.05, 3.63) is 38.9 Å². The fourth-order valence-electron chi connectivity index (χ4n) is 2.57. The van der Waals surface area contributed by atoms with E-state index in [0.717, 1.165) is 19.4 Å². The molecule has 1 aromatic carbocycles. The number of benzene rings is 1. The van der Waals surface area contributed by atoms with Crippen molar-refractivity contribution in [3.63, 3.8) is 0 Å². The minimum absolute atomic E-state index is 0.0130. The molecule has 0 bridgehead atoms. The highest BCUT2D eigenvalue weighted by Crippen LogP contribution is 2.28. The lowest BCUT2D eigenvalue weighted by Crippen LogP contribution is -2.47. The van der Waals surface area contributed by atoms with Crippen molar-refractivity contribution in [2.75, 3.05) is 13.6 Å². The Morgan fingerprint density at radius 2 is 2.24 bits per heavy atom. The molecule has 1 aliphatic rings. The van der Waals surface area contributed by atoms with Gasteiger partial charge in [-0.25, -0.2) is 0 Å². The zero-order chi connectivity index (χ0) is 15.6. The molecule has 0 aliphatic carbocycles. The standard InChI is InChI=1S/C14H18ClN3O3/c1-9-8-10(6-7-17(9)2)16-14(19)11-4-3-5-12(15)13(11)18(20)21/h3-5,9-10H,6-8H2,1-2H3,(H,16,19). The van der Waals surface area contributed by atoms with E-state index < -0.39 is 10.8 Å².